The van der Waals surface area contributed by atoms with Crippen LogP contribution < -0.4 is 5.73 Å². The average molecular weight is 256 g/mol. The quantitative estimate of drug-likeness (QED) is 0.871. The van der Waals surface area contributed by atoms with Crippen molar-refractivity contribution in [3.8, 4) is 0 Å². The third-order valence-corrected chi connectivity index (χ3v) is 3.73. The van der Waals surface area contributed by atoms with Gasteiger partial charge in [-0.25, -0.2) is 0 Å². The molecule has 1 aliphatic rings. The van der Waals surface area contributed by atoms with E-state index >= 15 is 0 Å². The van der Waals surface area contributed by atoms with Gasteiger partial charge in [-0.1, -0.05) is 30.3 Å². The number of benzene rings is 1. The first-order chi connectivity index (χ1) is 9.36. The van der Waals surface area contributed by atoms with Crippen LogP contribution in [0.4, 0.5) is 0 Å². The lowest BCUT2D eigenvalue weighted by Gasteiger charge is -2.26. The van der Waals surface area contributed by atoms with Crippen molar-refractivity contribution in [1.29, 1.82) is 0 Å². The van der Waals surface area contributed by atoms with Crippen LogP contribution in [0.15, 0.2) is 30.3 Å². The molecule has 19 heavy (non-hydrogen) atoms. The van der Waals surface area contributed by atoms with Crippen molar-refractivity contribution in [2.45, 2.75) is 25.9 Å². The van der Waals surface area contributed by atoms with Crippen molar-refractivity contribution in [1.82, 2.24) is 15.1 Å². The fourth-order valence-corrected chi connectivity index (χ4v) is 2.76. The van der Waals surface area contributed by atoms with Gasteiger partial charge in [-0.15, -0.1) is 0 Å². The topological polar surface area (TPSA) is 57.9 Å². The highest BCUT2D eigenvalue weighted by molar-refractivity contribution is 5.28. The van der Waals surface area contributed by atoms with Crippen LogP contribution in [0.25, 0.3) is 0 Å². The van der Waals surface area contributed by atoms with E-state index in [1.807, 2.05) is 0 Å². The highest BCUT2D eigenvalue weighted by atomic mass is 15.2. The lowest BCUT2D eigenvalue weighted by atomic mass is 10.0. The number of H-pyrrole nitrogens is 1. The minimum absolute atomic E-state index is 0.672. The standard InChI is InChI=1S/C15H20N4/c16-8-6-14-13-7-9-19(11-15(13)18-17-14)10-12-4-2-1-3-5-12/h1-5H,6-11,16H2,(H,17,18). The smallest absolute Gasteiger partial charge is 0.0670 e. The Morgan fingerprint density at radius 1 is 1.26 bits per heavy atom. The number of rotatable bonds is 4. The van der Waals surface area contributed by atoms with Gasteiger partial charge in [0.15, 0.2) is 0 Å². The van der Waals surface area contributed by atoms with E-state index in [2.05, 4.69) is 45.4 Å². The largest absolute Gasteiger partial charge is 0.330 e. The second-order valence-corrected chi connectivity index (χ2v) is 5.11. The zero-order valence-corrected chi connectivity index (χ0v) is 11.1. The molecule has 4 heteroatoms. The van der Waals surface area contributed by atoms with Gasteiger partial charge >= 0.3 is 0 Å². The second kappa shape index (κ2) is 5.55. The first kappa shape index (κ1) is 12.4. The highest BCUT2D eigenvalue weighted by Crippen LogP contribution is 2.21. The number of aromatic amines is 1. The summed E-state index contributed by atoms with van der Waals surface area (Å²) in [6.45, 7) is 3.73. The molecule has 2 aromatic rings. The van der Waals surface area contributed by atoms with E-state index in [0.717, 1.165) is 38.2 Å². The van der Waals surface area contributed by atoms with Crippen LogP contribution in [0.1, 0.15) is 22.5 Å². The van der Waals surface area contributed by atoms with Crippen molar-refractivity contribution < 1.29 is 0 Å². The molecule has 2 heterocycles. The molecule has 0 bridgehead atoms. The van der Waals surface area contributed by atoms with Gasteiger partial charge in [-0.2, -0.15) is 5.10 Å². The summed E-state index contributed by atoms with van der Waals surface area (Å²) in [4.78, 5) is 2.46. The number of nitrogens with two attached hydrogens (primary N) is 1. The Morgan fingerprint density at radius 2 is 2.11 bits per heavy atom. The van der Waals surface area contributed by atoms with Gasteiger partial charge in [0.1, 0.15) is 0 Å². The fraction of sp³-hybridized carbons (Fsp3) is 0.400. The molecular formula is C15H20N4. The van der Waals surface area contributed by atoms with Gasteiger partial charge in [-0.05, 0) is 24.1 Å². The van der Waals surface area contributed by atoms with Gasteiger partial charge < -0.3 is 5.73 Å². The van der Waals surface area contributed by atoms with Gasteiger partial charge in [0.25, 0.3) is 0 Å². The van der Waals surface area contributed by atoms with Crippen molar-refractivity contribution in [2.24, 2.45) is 5.73 Å². The number of fused-ring (bicyclic) bond motifs is 1. The van der Waals surface area contributed by atoms with Crippen molar-refractivity contribution >= 4 is 0 Å². The lowest BCUT2D eigenvalue weighted by molar-refractivity contribution is 0.242. The predicted octanol–water partition coefficient (Wildman–Crippen LogP) is 1.47. The van der Waals surface area contributed by atoms with Gasteiger partial charge in [0.2, 0.25) is 0 Å². The van der Waals surface area contributed by atoms with Crippen LogP contribution in [-0.2, 0) is 25.9 Å². The lowest BCUT2D eigenvalue weighted by Crippen LogP contribution is -2.30. The molecule has 4 nitrogen and oxygen atoms in total. The summed E-state index contributed by atoms with van der Waals surface area (Å²) in [6, 6.07) is 10.6. The average Bonchev–Trinajstić information content (AvgIpc) is 2.83. The monoisotopic (exact) mass is 256 g/mol. The first-order valence-corrected chi connectivity index (χ1v) is 6.88. The van der Waals surface area contributed by atoms with Crippen LogP contribution in [0.3, 0.4) is 0 Å². The molecule has 3 rings (SSSR count). The molecule has 0 aliphatic carbocycles. The summed E-state index contributed by atoms with van der Waals surface area (Å²) < 4.78 is 0. The number of aromatic nitrogens is 2. The van der Waals surface area contributed by atoms with Crippen LogP contribution in [0.2, 0.25) is 0 Å². The third kappa shape index (κ3) is 2.69. The summed E-state index contributed by atoms with van der Waals surface area (Å²) >= 11 is 0. The Bertz CT molecular complexity index is 532. The molecule has 0 unspecified atom stereocenters. The van der Waals surface area contributed by atoms with Crippen LogP contribution in [-0.4, -0.2) is 28.2 Å². The van der Waals surface area contributed by atoms with E-state index in [0.29, 0.717) is 6.54 Å². The minimum Gasteiger partial charge on any atom is -0.330 e. The Labute approximate surface area is 113 Å². The van der Waals surface area contributed by atoms with Crippen LogP contribution in [0, 0.1) is 0 Å². The summed E-state index contributed by atoms with van der Waals surface area (Å²) in [6.07, 6.45) is 1.96. The van der Waals surface area contributed by atoms with E-state index in [-0.39, 0.29) is 0 Å². The van der Waals surface area contributed by atoms with Crippen LogP contribution in [0.5, 0.6) is 0 Å². The number of hydrogen-bond acceptors (Lipinski definition) is 3. The molecule has 0 saturated carbocycles. The van der Waals surface area contributed by atoms with Gasteiger partial charge in [0, 0.05) is 26.1 Å². The SMILES string of the molecule is NCCc1n[nH]c2c1CCN(Cc1ccccc1)C2. The summed E-state index contributed by atoms with van der Waals surface area (Å²) in [5, 5.41) is 7.58. The number of nitrogens with zero attached hydrogens (tertiary/aromatic N) is 2. The van der Waals surface area contributed by atoms with Crippen molar-refractivity contribution in [3.05, 3.63) is 52.8 Å². The minimum atomic E-state index is 0.672. The molecule has 100 valence electrons. The molecule has 0 fully saturated rings. The Hall–Kier alpha value is -1.65. The Balaban J connectivity index is 1.69. The third-order valence-electron chi connectivity index (χ3n) is 3.73. The fourth-order valence-electron chi connectivity index (χ4n) is 2.76. The molecule has 0 atom stereocenters. The zero-order valence-electron chi connectivity index (χ0n) is 11.1. The van der Waals surface area contributed by atoms with Gasteiger partial charge in [0.05, 0.1) is 11.4 Å². The first-order valence-electron chi connectivity index (χ1n) is 6.88. The number of hydrogen-bond donors (Lipinski definition) is 2. The van der Waals surface area contributed by atoms with E-state index in [1.54, 1.807) is 0 Å². The van der Waals surface area contributed by atoms with Crippen LogP contribution >= 0.6 is 0 Å². The number of nitrogens with one attached hydrogen (secondary N) is 1. The molecule has 1 aliphatic heterocycles. The molecule has 0 saturated heterocycles. The Morgan fingerprint density at radius 3 is 2.89 bits per heavy atom. The molecule has 0 amide bonds. The van der Waals surface area contributed by atoms with E-state index in [1.165, 1.54) is 16.8 Å². The summed E-state index contributed by atoms with van der Waals surface area (Å²) in [7, 11) is 0. The van der Waals surface area contributed by atoms with Crippen molar-refractivity contribution in [3.63, 3.8) is 0 Å². The van der Waals surface area contributed by atoms with E-state index < -0.39 is 0 Å². The van der Waals surface area contributed by atoms with Gasteiger partial charge in [-0.3, -0.25) is 10.00 Å². The second-order valence-electron chi connectivity index (χ2n) is 5.11. The normalized spacial score (nSPS) is 15.4. The summed E-state index contributed by atoms with van der Waals surface area (Å²) in [5.74, 6) is 0. The molecule has 1 aromatic carbocycles. The molecule has 0 radical (unpaired) electrons. The molecular weight excluding hydrogens is 236 g/mol. The maximum Gasteiger partial charge on any atom is 0.0670 e. The van der Waals surface area contributed by atoms with E-state index in [9.17, 15) is 0 Å². The molecule has 3 N–H and O–H groups in total. The maximum atomic E-state index is 5.62. The predicted molar refractivity (Wildman–Crippen MR) is 75.6 cm³/mol. The van der Waals surface area contributed by atoms with Crippen molar-refractivity contribution in [2.75, 3.05) is 13.1 Å². The molecule has 0 spiro atoms. The van der Waals surface area contributed by atoms with E-state index in [4.69, 9.17) is 5.73 Å². The Kier molecular flexibility index (Phi) is 3.62. The highest BCUT2D eigenvalue weighted by Gasteiger charge is 2.21. The summed E-state index contributed by atoms with van der Waals surface area (Å²) in [5.41, 5.74) is 10.8. The zero-order chi connectivity index (χ0) is 13.1. The maximum absolute atomic E-state index is 5.62. The molecule has 1 aromatic heterocycles.